The van der Waals surface area contributed by atoms with Gasteiger partial charge in [0, 0.05) is 0 Å². The zero-order chi connectivity index (χ0) is 9.61. The van der Waals surface area contributed by atoms with Crippen molar-refractivity contribution in [3.8, 4) is 0 Å². The summed E-state index contributed by atoms with van der Waals surface area (Å²) in [5.41, 5.74) is 0.441. The van der Waals surface area contributed by atoms with Crippen molar-refractivity contribution in [3.05, 3.63) is 19.6 Å². The zero-order valence-electron chi connectivity index (χ0n) is 8.90. The van der Waals surface area contributed by atoms with Gasteiger partial charge in [-0.1, -0.05) is 46.6 Å². The topological polar surface area (TPSA) is 0 Å². The van der Waals surface area contributed by atoms with Gasteiger partial charge in [-0.2, -0.15) is 0 Å². The molecular formula is C12H23. The van der Waals surface area contributed by atoms with E-state index >= 15 is 0 Å². The van der Waals surface area contributed by atoms with E-state index in [1.807, 2.05) is 6.08 Å². The van der Waals surface area contributed by atoms with Crippen molar-refractivity contribution >= 4 is 0 Å². The van der Waals surface area contributed by atoms with Crippen LogP contribution in [0.2, 0.25) is 0 Å². The molecule has 1 unspecified atom stereocenters. The standard InChI is InChI=1S/C12H23/c1-6-9-12(4,5)10-7-8-11(2)3/h6,11H,1-2,7-10H2,3-5H3. The molecule has 71 valence electrons. The number of allylic oxidation sites excluding steroid dienone is 1. The molecule has 0 aliphatic heterocycles. The van der Waals surface area contributed by atoms with Crippen molar-refractivity contribution < 1.29 is 0 Å². The Hall–Kier alpha value is -0.260. The third-order valence-corrected chi connectivity index (χ3v) is 2.25. The lowest BCUT2D eigenvalue weighted by Gasteiger charge is -2.22. The molecule has 0 heteroatoms. The molecule has 0 heterocycles. The molecule has 0 spiro atoms. The molecule has 1 radical (unpaired) electrons. The Morgan fingerprint density at radius 3 is 2.42 bits per heavy atom. The molecule has 0 amide bonds. The van der Waals surface area contributed by atoms with Gasteiger partial charge in [0.2, 0.25) is 0 Å². The second-order valence-corrected chi connectivity index (χ2v) is 4.65. The van der Waals surface area contributed by atoms with Crippen LogP contribution in [-0.2, 0) is 0 Å². The first-order valence-corrected chi connectivity index (χ1v) is 4.92. The number of hydrogen-bond donors (Lipinski definition) is 0. The van der Waals surface area contributed by atoms with Crippen LogP contribution in [0.3, 0.4) is 0 Å². The van der Waals surface area contributed by atoms with Gasteiger partial charge in [-0.25, -0.2) is 0 Å². The van der Waals surface area contributed by atoms with E-state index in [0.29, 0.717) is 11.3 Å². The molecule has 1 atom stereocenters. The molecule has 12 heavy (non-hydrogen) atoms. The van der Waals surface area contributed by atoms with Crippen molar-refractivity contribution in [2.45, 2.75) is 46.5 Å². The summed E-state index contributed by atoms with van der Waals surface area (Å²) >= 11 is 0. The summed E-state index contributed by atoms with van der Waals surface area (Å²) in [6, 6.07) is 0. The van der Waals surface area contributed by atoms with Gasteiger partial charge < -0.3 is 0 Å². The highest BCUT2D eigenvalue weighted by Gasteiger charge is 2.14. The minimum Gasteiger partial charge on any atom is -0.103 e. The second kappa shape index (κ2) is 5.40. The third kappa shape index (κ3) is 6.45. The van der Waals surface area contributed by atoms with Gasteiger partial charge in [0.25, 0.3) is 0 Å². The molecule has 0 aromatic carbocycles. The van der Waals surface area contributed by atoms with E-state index in [9.17, 15) is 0 Å². The van der Waals surface area contributed by atoms with Crippen LogP contribution in [0.1, 0.15) is 46.5 Å². The summed E-state index contributed by atoms with van der Waals surface area (Å²) in [6.45, 7) is 14.6. The highest BCUT2D eigenvalue weighted by atomic mass is 14.2. The van der Waals surface area contributed by atoms with E-state index in [1.165, 1.54) is 19.3 Å². The Kier molecular flexibility index (Phi) is 5.28. The van der Waals surface area contributed by atoms with Gasteiger partial charge in [0.05, 0.1) is 0 Å². The normalized spacial score (nSPS) is 12.1. The zero-order valence-corrected chi connectivity index (χ0v) is 8.90. The van der Waals surface area contributed by atoms with Crippen LogP contribution in [0, 0.1) is 18.3 Å². The first-order chi connectivity index (χ1) is 5.48. The number of hydrogen-bond acceptors (Lipinski definition) is 0. The maximum atomic E-state index is 3.98. The summed E-state index contributed by atoms with van der Waals surface area (Å²) < 4.78 is 0. The summed E-state index contributed by atoms with van der Waals surface area (Å²) in [5, 5.41) is 0. The third-order valence-electron chi connectivity index (χ3n) is 2.25. The fraction of sp³-hybridized carbons (Fsp3) is 0.750. The second-order valence-electron chi connectivity index (χ2n) is 4.65. The van der Waals surface area contributed by atoms with Crippen LogP contribution in [0.25, 0.3) is 0 Å². The van der Waals surface area contributed by atoms with Crippen molar-refractivity contribution in [1.82, 2.24) is 0 Å². The molecule has 0 aliphatic rings. The molecule has 0 aromatic rings. The Bertz CT molecular complexity index is 120. The van der Waals surface area contributed by atoms with Crippen molar-refractivity contribution in [2.75, 3.05) is 0 Å². The van der Waals surface area contributed by atoms with Crippen LogP contribution < -0.4 is 0 Å². The minimum atomic E-state index is 0.441. The summed E-state index contributed by atoms with van der Waals surface area (Å²) in [5.74, 6) is 0.601. The maximum Gasteiger partial charge on any atom is -0.0302 e. The van der Waals surface area contributed by atoms with Crippen LogP contribution in [0.5, 0.6) is 0 Å². The molecule has 0 aromatic heterocycles. The lowest BCUT2D eigenvalue weighted by molar-refractivity contribution is 0.319. The Morgan fingerprint density at radius 2 is 2.00 bits per heavy atom. The van der Waals surface area contributed by atoms with Gasteiger partial charge in [-0.15, -0.1) is 6.58 Å². The van der Waals surface area contributed by atoms with Gasteiger partial charge in [-0.05, 0) is 24.2 Å². The van der Waals surface area contributed by atoms with E-state index in [4.69, 9.17) is 0 Å². The molecule has 0 saturated carbocycles. The van der Waals surface area contributed by atoms with Crippen LogP contribution in [0.4, 0.5) is 0 Å². The molecule has 0 bridgehead atoms. The molecule has 0 fully saturated rings. The summed E-state index contributed by atoms with van der Waals surface area (Å²) in [7, 11) is 0. The Labute approximate surface area is 78.1 Å². The smallest absolute Gasteiger partial charge is 0.0302 e. The minimum absolute atomic E-state index is 0.441. The number of rotatable bonds is 6. The van der Waals surface area contributed by atoms with Gasteiger partial charge in [0.1, 0.15) is 0 Å². The van der Waals surface area contributed by atoms with Crippen molar-refractivity contribution in [1.29, 1.82) is 0 Å². The average molecular weight is 167 g/mol. The predicted molar refractivity (Wildman–Crippen MR) is 57.0 cm³/mol. The van der Waals surface area contributed by atoms with Gasteiger partial charge in [0.15, 0.2) is 0 Å². The van der Waals surface area contributed by atoms with Crippen LogP contribution in [-0.4, -0.2) is 0 Å². The van der Waals surface area contributed by atoms with E-state index < -0.39 is 0 Å². The van der Waals surface area contributed by atoms with E-state index in [0.717, 1.165) is 6.42 Å². The van der Waals surface area contributed by atoms with Gasteiger partial charge >= 0.3 is 0 Å². The molecule has 0 aliphatic carbocycles. The lowest BCUT2D eigenvalue weighted by atomic mass is 9.83. The van der Waals surface area contributed by atoms with E-state index in [-0.39, 0.29) is 0 Å². The Morgan fingerprint density at radius 1 is 1.42 bits per heavy atom. The molecular weight excluding hydrogens is 144 g/mol. The van der Waals surface area contributed by atoms with Crippen molar-refractivity contribution in [3.63, 3.8) is 0 Å². The van der Waals surface area contributed by atoms with E-state index in [1.54, 1.807) is 0 Å². The first-order valence-electron chi connectivity index (χ1n) is 4.92. The highest BCUT2D eigenvalue weighted by Crippen LogP contribution is 2.28. The monoisotopic (exact) mass is 167 g/mol. The van der Waals surface area contributed by atoms with Crippen LogP contribution >= 0.6 is 0 Å². The summed E-state index contributed by atoms with van der Waals surface area (Å²) in [6.07, 6.45) is 6.98. The molecule has 0 saturated heterocycles. The van der Waals surface area contributed by atoms with Crippen LogP contribution in [0.15, 0.2) is 12.7 Å². The highest BCUT2D eigenvalue weighted by molar-refractivity contribution is 4.79. The van der Waals surface area contributed by atoms with Gasteiger partial charge in [-0.3, -0.25) is 0 Å². The quantitative estimate of drug-likeness (QED) is 0.519. The van der Waals surface area contributed by atoms with E-state index in [2.05, 4.69) is 34.3 Å². The fourth-order valence-corrected chi connectivity index (χ4v) is 1.42. The molecule has 0 N–H and O–H groups in total. The maximum absolute atomic E-state index is 3.98. The predicted octanol–water partition coefficient (Wildman–Crippen LogP) is 4.23. The SMILES string of the molecule is [CH2]C(C)CCCC(C)(C)CC=C. The lowest BCUT2D eigenvalue weighted by Crippen LogP contribution is -2.09. The molecule has 0 rings (SSSR count). The first kappa shape index (κ1) is 11.7. The average Bonchev–Trinajstić information content (AvgIpc) is 1.85. The Balaban J connectivity index is 3.53. The van der Waals surface area contributed by atoms with Crippen molar-refractivity contribution in [2.24, 2.45) is 11.3 Å². The molecule has 0 nitrogen and oxygen atoms in total. The summed E-state index contributed by atoms with van der Waals surface area (Å²) in [4.78, 5) is 0. The largest absolute Gasteiger partial charge is 0.103 e. The fourth-order valence-electron chi connectivity index (χ4n) is 1.42.